The number of rotatable bonds is 6. The summed E-state index contributed by atoms with van der Waals surface area (Å²) in [4.78, 5) is 13.6. The van der Waals surface area contributed by atoms with Crippen molar-refractivity contribution in [2.75, 3.05) is 0 Å². The van der Waals surface area contributed by atoms with Crippen LogP contribution in [0.4, 0.5) is 0 Å². The molecule has 0 spiro atoms. The second kappa shape index (κ2) is 8.81. The number of nitrogens with one attached hydrogen (secondary N) is 1. The molecule has 3 aliphatic carbocycles. The number of aromatic nitrogens is 2. The van der Waals surface area contributed by atoms with Crippen molar-refractivity contribution in [2.45, 2.75) is 91.6 Å². The van der Waals surface area contributed by atoms with Crippen LogP contribution in [0.25, 0.3) is 6.08 Å². The quantitative estimate of drug-likeness (QED) is 0.503. The van der Waals surface area contributed by atoms with Gasteiger partial charge in [-0.05, 0) is 79.6 Å². The van der Waals surface area contributed by atoms with Crippen LogP contribution < -0.4 is 5.32 Å². The first kappa shape index (κ1) is 22.5. The molecular formula is C27H40ClN3O. The molecule has 1 aromatic heterocycles. The van der Waals surface area contributed by atoms with E-state index < -0.39 is 0 Å². The van der Waals surface area contributed by atoms with Gasteiger partial charge in [0.2, 0.25) is 0 Å². The van der Waals surface area contributed by atoms with E-state index in [1.807, 2.05) is 17.0 Å². The largest absolute Gasteiger partial charge is 0.370 e. The minimum atomic E-state index is 0.186. The number of carbonyl (C=O) groups excluding carboxylic acids is 1. The lowest BCUT2D eigenvalue weighted by molar-refractivity contribution is -0.130. The number of halogens is 1. The summed E-state index contributed by atoms with van der Waals surface area (Å²) in [5, 5.41) is 8.43. The van der Waals surface area contributed by atoms with Gasteiger partial charge in [0.15, 0.2) is 5.78 Å². The van der Waals surface area contributed by atoms with E-state index >= 15 is 0 Å². The van der Waals surface area contributed by atoms with Crippen molar-refractivity contribution in [3.8, 4) is 0 Å². The predicted octanol–water partition coefficient (Wildman–Crippen LogP) is 6.39. The monoisotopic (exact) mass is 457 g/mol. The minimum Gasteiger partial charge on any atom is -0.370 e. The van der Waals surface area contributed by atoms with Crippen LogP contribution in [-0.4, -0.2) is 15.6 Å². The second-order valence-corrected chi connectivity index (χ2v) is 11.8. The van der Waals surface area contributed by atoms with E-state index in [-0.39, 0.29) is 11.3 Å². The maximum atomic E-state index is 13.6. The highest BCUT2D eigenvalue weighted by molar-refractivity contribution is 6.31. The summed E-state index contributed by atoms with van der Waals surface area (Å²) in [6.07, 6.45) is 15.7. The summed E-state index contributed by atoms with van der Waals surface area (Å²) in [5.41, 5.74) is 2.20. The molecule has 1 aromatic rings. The Bertz CT molecular complexity index is 891. The van der Waals surface area contributed by atoms with Crippen LogP contribution in [0, 0.1) is 40.9 Å². The van der Waals surface area contributed by atoms with E-state index in [0.29, 0.717) is 24.0 Å². The van der Waals surface area contributed by atoms with Gasteiger partial charge in [0.05, 0.1) is 18.8 Å². The number of ketones is 1. The van der Waals surface area contributed by atoms with Crippen molar-refractivity contribution >= 4 is 23.5 Å². The van der Waals surface area contributed by atoms with Gasteiger partial charge in [-0.3, -0.25) is 9.48 Å². The van der Waals surface area contributed by atoms with Gasteiger partial charge in [-0.25, -0.2) is 0 Å². The number of nitrogens with zero attached hydrogens (tertiary/aromatic N) is 2. The molecule has 0 amide bonds. The average molecular weight is 458 g/mol. The summed E-state index contributed by atoms with van der Waals surface area (Å²) >= 11 is 6.11. The van der Waals surface area contributed by atoms with Crippen LogP contribution in [0.3, 0.4) is 0 Å². The van der Waals surface area contributed by atoms with Crippen LogP contribution in [-0.2, 0) is 17.9 Å². The summed E-state index contributed by atoms with van der Waals surface area (Å²) in [6, 6.07) is 0. The van der Waals surface area contributed by atoms with Crippen molar-refractivity contribution in [1.29, 1.82) is 0 Å². The lowest BCUT2D eigenvalue weighted by atomic mass is 9.50. The van der Waals surface area contributed by atoms with Crippen LogP contribution in [0.1, 0.15) is 89.8 Å². The maximum Gasteiger partial charge on any atom is 0.157 e. The molecule has 2 heterocycles. The van der Waals surface area contributed by atoms with E-state index in [1.165, 1.54) is 51.4 Å². The summed E-state index contributed by atoms with van der Waals surface area (Å²) < 4.78 is 1.85. The standard InChI is InChI=1S/C27H40ClN3O/c1-4-6-19-17(5-2)7-8-21-20(19)11-12-27(3)22(21)9-10-23(27)25(32)16-31-15-18-13-26(28)29-14-24(18)30-31/h13,15,17,19-23,29H,4-12,14,16H2,1-3H3. The molecule has 0 radical (unpaired) electrons. The van der Waals surface area contributed by atoms with Gasteiger partial charge in [0.1, 0.15) is 5.16 Å². The minimum absolute atomic E-state index is 0.186. The van der Waals surface area contributed by atoms with Crippen LogP contribution in [0.15, 0.2) is 11.4 Å². The maximum absolute atomic E-state index is 13.6. The number of fused-ring (bicyclic) bond motifs is 4. The molecule has 3 saturated carbocycles. The molecule has 5 heteroatoms. The fourth-order valence-corrected chi connectivity index (χ4v) is 8.68. The Morgan fingerprint density at radius 3 is 2.84 bits per heavy atom. The highest BCUT2D eigenvalue weighted by Gasteiger charge is 2.57. The van der Waals surface area contributed by atoms with Crippen molar-refractivity contribution in [1.82, 2.24) is 15.1 Å². The van der Waals surface area contributed by atoms with E-state index in [4.69, 9.17) is 11.6 Å². The Labute approximate surface area is 198 Å². The van der Waals surface area contributed by atoms with E-state index in [9.17, 15) is 4.79 Å². The normalized spacial score (nSPS) is 38.3. The first-order chi connectivity index (χ1) is 15.4. The molecule has 32 heavy (non-hydrogen) atoms. The zero-order valence-electron chi connectivity index (χ0n) is 20.1. The van der Waals surface area contributed by atoms with Gasteiger partial charge < -0.3 is 5.32 Å². The molecule has 176 valence electrons. The zero-order valence-corrected chi connectivity index (χ0v) is 20.8. The fourth-order valence-electron chi connectivity index (χ4n) is 8.49. The van der Waals surface area contributed by atoms with Crippen LogP contribution in [0.5, 0.6) is 0 Å². The summed E-state index contributed by atoms with van der Waals surface area (Å²) in [7, 11) is 0. The van der Waals surface area contributed by atoms with Gasteiger partial charge in [-0.15, -0.1) is 0 Å². The average Bonchev–Trinajstić information content (AvgIpc) is 3.33. The summed E-state index contributed by atoms with van der Waals surface area (Å²) in [6.45, 7) is 8.26. The smallest absolute Gasteiger partial charge is 0.157 e. The molecule has 4 nitrogen and oxygen atoms in total. The third-order valence-electron chi connectivity index (χ3n) is 9.95. The van der Waals surface area contributed by atoms with E-state index in [0.717, 1.165) is 47.3 Å². The van der Waals surface area contributed by atoms with Gasteiger partial charge in [0, 0.05) is 17.7 Å². The second-order valence-electron chi connectivity index (χ2n) is 11.3. The lowest BCUT2D eigenvalue weighted by Crippen LogP contribution is -2.48. The molecule has 7 atom stereocenters. The predicted molar refractivity (Wildman–Crippen MR) is 130 cm³/mol. The number of carbonyl (C=O) groups is 1. The van der Waals surface area contributed by atoms with Gasteiger partial charge in [-0.2, -0.15) is 5.10 Å². The first-order valence-electron chi connectivity index (χ1n) is 13.1. The first-order valence-corrected chi connectivity index (χ1v) is 13.5. The topological polar surface area (TPSA) is 46.9 Å². The van der Waals surface area contributed by atoms with Crippen LogP contribution >= 0.6 is 11.6 Å². The number of hydrogen-bond donors (Lipinski definition) is 1. The SMILES string of the molecule is CCCC1C(CC)CCC2C1CCC1(C)C(C(=O)Cn3cc4c(n3)CNC(Cl)=C4)CCC21. The van der Waals surface area contributed by atoms with Gasteiger partial charge in [0.25, 0.3) is 0 Å². The highest BCUT2D eigenvalue weighted by Crippen LogP contribution is 2.63. The zero-order chi connectivity index (χ0) is 22.5. The third kappa shape index (κ3) is 3.75. The Hall–Kier alpha value is -1.29. The number of hydrogen-bond acceptors (Lipinski definition) is 3. The molecule has 4 aliphatic rings. The molecule has 1 N–H and O–H groups in total. The molecule has 0 aromatic carbocycles. The van der Waals surface area contributed by atoms with Crippen LogP contribution in [0.2, 0.25) is 0 Å². The van der Waals surface area contributed by atoms with E-state index in [1.54, 1.807) is 0 Å². The molecule has 0 bridgehead atoms. The van der Waals surface area contributed by atoms with Crippen molar-refractivity contribution in [3.63, 3.8) is 0 Å². The van der Waals surface area contributed by atoms with Crippen molar-refractivity contribution in [3.05, 3.63) is 22.6 Å². The Morgan fingerprint density at radius 2 is 2.06 bits per heavy atom. The van der Waals surface area contributed by atoms with E-state index in [2.05, 4.69) is 31.2 Å². The summed E-state index contributed by atoms with van der Waals surface area (Å²) in [5.74, 6) is 4.94. The molecule has 0 saturated heterocycles. The molecule has 3 fully saturated rings. The Kier molecular flexibility index (Phi) is 6.20. The van der Waals surface area contributed by atoms with Crippen molar-refractivity contribution in [2.24, 2.45) is 40.9 Å². The molecule has 5 rings (SSSR count). The molecular weight excluding hydrogens is 418 g/mol. The molecule has 7 unspecified atom stereocenters. The number of Topliss-reactive ketones (excluding diaryl/α,β-unsaturated/α-hetero) is 1. The molecule has 1 aliphatic heterocycles. The lowest BCUT2D eigenvalue weighted by Gasteiger charge is -2.54. The third-order valence-corrected chi connectivity index (χ3v) is 10.2. The Balaban J connectivity index is 1.31. The highest BCUT2D eigenvalue weighted by atomic mass is 35.5. The van der Waals surface area contributed by atoms with Gasteiger partial charge in [-0.1, -0.05) is 51.6 Å². The van der Waals surface area contributed by atoms with Gasteiger partial charge >= 0.3 is 0 Å². The Morgan fingerprint density at radius 1 is 1.22 bits per heavy atom. The fraction of sp³-hybridized carbons (Fsp3) is 0.778. The van der Waals surface area contributed by atoms with Crippen molar-refractivity contribution < 1.29 is 4.79 Å².